The number of aliphatic hydroxyl groups is 3. The maximum atomic E-state index is 12.2. The number of hydrogen-bond donors (Lipinski definition) is 3. The van der Waals surface area contributed by atoms with Crippen molar-refractivity contribution >= 4 is 5.78 Å². The van der Waals surface area contributed by atoms with Gasteiger partial charge in [0.15, 0.2) is 5.78 Å². The van der Waals surface area contributed by atoms with Gasteiger partial charge in [-0.15, -0.1) is 0 Å². The first kappa shape index (κ1) is 38.5. The topological polar surface area (TPSA) is 77.8 Å². The number of hydrogen-bond acceptors (Lipinski definition) is 4. The molecule has 0 spiro atoms. The van der Waals surface area contributed by atoms with E-state index in [2.05, 4.69) is 52.0 Å². The summed E-state index contributed by atoms with van der Waals surface area (Å²) in [5, 5.41) is 29.7. The summed E-state index contributed by atoms with van der Waals surface area (Å²) >= 11 is 0. The highest BCUT2D eigenvalue weighted by Gasteiger charge is 2.36. The molecule has 0 heterocycles. The van der Waals surface area contributed by atoms with Crippen molar-refractivity contribution in [1.82, 2.24) is 0 Å². The Hall–Kier alpha value is -3.57. The fraction of sp³-hybridized carbons (Fsp3) is 0.375. The Kier molecular flexibility index (Phi) is 16.0. The van der Waals surface area contributed by atoms with Crippen LogP contribution in [0.15, 0.2) is 142 Å². The molecule has 4 heteroatoms. The number of ketones is 1. The fourth-order valence-electron chi connectivity index (χ4n) is 4.37. The molecule has 0 aromatic rings. The molecule has 0 amide bonds. The SMILES string of the molecule is CC(C=CC=C(C)C=CC=C(C)C=CC(O)C(C)(C)O)=CC=CC=C(C)C=CC=C(C)C=CC1=C(C)C(=O)C(O)CC1(C)C. The van der Waals surface area contributed by atoms with E-state index in [1.807, 2.05) is 87.6 Å². The smallest absolute Gasteiger partial charge is 0.187 e. The average Bonchev–Trinajstić information content (AvgIpc) is 2.91. The second-order valence-electron chi connectivity index (χ2n) is 12.8. The van der Waals surface area contributed by atoms with Gasteiger partial charge in [0.1, 0.15) is 12.2 Å². The maximum Gasteiger partial charge on any atom is 0.187 e. The molecule has 1 aliphatic rings. The number of Topliss-reactive ketones (excluding diaryl/α,β-unsaturated/α-hetero) is 1. The van der Waals surface area contributed by atoms with E-state index in [0.29, 0.717) is 12.0 Å². The van der Waals surface area contributed by atoms with Crippen LogP contribution < -0.4 is 0 Å². The first-order chi connectivity index (χ1) is 20.4. The molecule has 238 valence electrons. The second-order valence-corrected chi connectivity index (χ2v) is 12.8. The van der Waals surface area contributed by atoms with Crippen LogP contribution in [0.3, 0.4) is 0 Å². The van der Waals surface area contributed by atoms with Gasteiger partial charge in [-0.2, -0.15) is 0 Å². The van der Waals surface area contributed by atoms with Crippen molar-refractivity contribution in [1.29, 1.82) is 0 Å². The van der Waals surface area contributed by atoms with Gasteiger partial charge in [-0.3, -0.25) is 4.79 Å². The maximum absolute atomic E-state index is 12.2. The highest BCUT2D eigenvalue weighted by molar-refractivity contribution is 6.00. The van der Waals surface area contributed by atoms with Gasteiger partial charge in [0, 0.05) is 0 Å². The zero-order valence-corrected chi connectivity index (χ0v) is 28.4. The van der Waals surface area contributed by atoms with Crippen LogP contribution in [0.25, 0.3) is 0 Å². The van der Waals surface area contributed by atoms with E-state index in [1.54, 1.807) is 32.9 Å². The summed E-state index contributed by atoms with van der Waals surface area (Å²) in [5.41, 5.74) is 5.66. The van der Waals surface area contributed by atoms with Crippen LogP contribution in [0, 0.1) is 5.41 Å². The molecule has 0 saturated heterocycles. The first-order valence-electron chi connectivity index (χ1n) is 15.2. The van der Waals surface area contributed by atoms with E-state index in [-0.39, 0.29) is 11.2 Å². The molecule has 2 atom stereocenters. The van der Waals surface area contributed by atoms with E-state index in [0.717, 1.165) is 33.4 Å². The van der Waals surface area contributed by atoms with Gasteiger partial charge in [0.2, 0.25) is 0 Å². The Morgan fingerprint density at radius 3 is 1.57 bits per heavy atom. The summed E-state index contributed by atoms with van der Waals surface area (Å²) in [4.78, 5) is 12.2. The van der Waals surface area contributed by atoms with Gasteiger partial charge in [0.05, 0.1) is 5.60 Å². The number of carbonyl (C=O) groups is 1. The van der Waals surface area contributed by atoms with Crippen molar-refractivity contribution in [3.8, 4) is 0 Å². The molecule has 2 unspecified atom stereocenters. The number of rotatable bonds is 13. The molecule has 1 rings (SSSR count). The summed E-state index contributed by atoms with van der Waals surface area (Å²) in [6.07, 6.45) is 32.4. The Morgan fingerprint density at radius 1 is 0.750 bits per heavy atom. The lowest BCUT2D eigenvalue weighted by atomic mass is 9.71. The summed E-state index contributed by atoms with van der Waals surface area (Å²) in [7, 11) is 0. The number of allylic oxidation sites excluding steroid dienone is 22. The van der Waals surface area contributed by atoms with Gasteiger partial charge in [-0.05, 0) is 78.4 Å². The third kappa shape index (κ3) is 14.7. The molecule has 3 N–H and O–H groups in total. The average molecular weight is 599 g/mol. The van der Waals surface area contributed by atoms with E-state index in [4.69, 9.17) is 0 Å². The second kappa shape index (κ2) is 18.3. The molecule has 0 fully saturated rings. The largest absolute Gasteiger partial charge is 0.387 e. The Morgan fingerprint density at radius 2 is 1.14 bits per heavy atom. The third-order valence-electron chi connectivity index (χ3n) is 7.27. The van der Waals surface area contributed by atoms with Gasteiger partial charge in [-0.25, -0.2) is 0 Å². The molecule has 44 heavy (non-hydrogen) atoms. The van der Waals surface area contributed by atoms with E-state index in [1.165, 1.54) is 0 Å². The van der Waals surface area contributed by atoms with Crippen LogP contribution >= 0.6 is 0 Å². The van der Waals surface area contributed by atoms with Crippen LogP contribution in [-0.4, -0.2) is 38.9 Å². The van der Waals surface area contributed by atoms with E-state index in [9.17, 15) is 20.1 Å². The molecule has 0 aromatic heterocycles. The quantitative estimate of drug-likeness (QED) is 0.185. The Balaban J connectivity index is 2.67. The van der Waals surface area contributed by atoms with Gasteiger partial charge < -0.3 is 15.3 Å². The summed E-state index contributed by atoms with van der Waals surface area (Å²) in [5.74, 6) is -0.173. The van der Waals surface area contributed by atoms with Crippen molar-refractivity contribution in [2.75, 3.05) is 0 Å². The van der Waals surface area contributed by atoms with Crippen molar-refractivity contribution in [2.45, 2.75) is 93.5 Å². The predicted octanol–water partition coefficient (Wildman–Crippen LogP) is 8.86. The van der Waals surface area contributed by atoms with Crippen molar-refractivity contribution in [2.24, 2.45) is 5.41 Å². The van der Waals surface area contributed by atoms with Crippen molar-refractivity contribution < 1.29 is 20.1 Å². The van der Waals surface area contributed by atoms with E-state index >= 15 is 0 Å². The van der Waals surface area contributed by atoms with Crippen LogP contribution in [0.1, 0.15) is 75.7 Å². The molecular formula is C40H54O4. The molecule has 0 bridgehead atoms. The van der Waals surface area contributed by atoms with Crippen molar-refractivity contribution in [3.05, 3.63) is 142 Å². The minimum Gasteiger partial charge on any atom is -0.387 e. The lowest BCUT2D eigenvalue weighted by molar-refractivity contribution is -0.125. The Bertz CT molecular complexity index is 1370. The third-order valence-corrected chi connectivity index (χ3v) is 7.27. The highest BCUT2D eigenvalue weighted by atomic mass is 16.3. The molecule has 0 radical (unpaired) electrons. The molecule has 0 aliphatic heterocycles. The summed E-state index contributed by atoms with van der Waals surface area (Å²) in [6, 6.07) is 0. The van der Waals surface area contributed by atoms with Crippen molar-refractivity contribution in [3.63, 3.8) is 0 Å². The van der Waals surface area contributed by atoms with Gasteiger partial charge in [0.25, 0.3) is 0 Å². The fourth-order valence-corrected chi connectivity index (χ4v) is 4.37. The standard InChI is InChI=1S/C40H54O4/c1-29(18-13-20-31(3)21-15-23-33(5)25-27-37(42)40(9,10)44)16-11-12-17-30(2)19-14-22-32(4)24-26-35-34(6)38(43)36(41)28-39(35,7)8/h11-27,36-37,41-42,44H,28H2,1-10H3. The van der Waals surface area contributed by atoms with Crippen LogP contribution in [0.2, 0.25) is 0 Å². The van der Waals surface area contributed by atoms with Gasteiger partial charge in [-0.1, -0.05) is 145 Å². The number of aliphatic hydroxyl groups excluding tert-OH is 2. The van der Waals surface area contributed by atoms with Crippen LogP contribution in [-0.2, 0) is 4.79 Å². The summed E-state index contributed by atoms with van der Waals surface area (Å²) in [6.45, 7) is 19.2. The van der Waals surface area contributed by atoms with Gasteiger partial charge >= 0.3 is 0 Å². The van der Waals surface area contributed by atoms with Crippen LogP contribution in [0.4, 0.5) is 0 Å². The molecule has 1 aliphatic carbocycles. The minimum absolute atomic E-state index is 0.173. The predicted molar refractivity (Wildman–Crippen MR) is 188 cm³/mol. The van der Waals surface area contributed by atoms with Crippen LogP contribution in [0.5, 0.6) is 0 Å². The molecule has 4 nitrogen and oxygen atoms in total. The molecule has 0 saturated carbocycles. The normalized spacial score (nSPS) is 21.2. The zero-order valence-electron chi connectivity index (χ0n) is 28.4. The monoisotopic (exact) mass is 598 g/mol. The van der Waals surface area contributed by atoms with E-state index < -0.39 is 17.8 Å². The minimum atomic E-state index is -1.16. The zero-order chi connectivity index (χ0) is 33.5. The first-order valence-corrected chi connectivity index (χ1v) is 15.2. The number of carbonyl (C=O) groups excluding carboxylic acids is 1. The Labute approximate surface area is 266 Å². The summed E-state index contributed by atoms with van der Waals surface area (Å²) < 4.78 is 0. The lowest BCUT2D eigenvalue weighted by Gasteiger charge is -2.34. The highest BCUT2D eigenvalue weighted by Crippen LogP contribution is 2.39. The molecule has 0 aromatic carbocycles. The lowest BCUT2D eigenvalue weighted by Crippen LogP contribution is -2.35. The molecular weight excluding hydrogens is 544 g/mol.